The van der Waals surface area contributed by atoms with E-state index in [2.05, 4.69) is 39.3 Å². The number of nitrogens with zero attached hydrogens (tertiary/aromatic N) is 4. The van der Waals surface area contributed by atoms with E-state index in [1.807, 2.05) is 5.38 Å². The van der Waals surface area contributed by atoms with Crippen molar-refractivity contribution in [3.63, 3.8) is 0 Å². The third-order valence-electron chi connectivity index (χ3n) is 5.25. The Morgan fingerprint density at radius 3 is 2.54 bits per heavy atom. The quantitative estimate of drug-likeness (QED) is 0.789. The lowest BCUT2D eigenvalue weighted by Gasteiger charge is -2.39. The Kier molecular flexibility index (Phi) is 6.32. The molecule has 0 saturated heterocycles. The van der Waals surface area contributed by atoms with Crippen molar-refractivity contribution in [3.05, 3.63) is 29.5 Å². The number of carbonyl (C=O) groups excluding carboxylic acids is 1. The summed E-state index contributed by atoms with van der Waals surface area (Å²) >= 11 is 1.47. The van der Waals surface area contributed by atoms with Crippen LogP contribution in [-0.2, 0) is 11.2 Å². The molecule has 26 heavy (non-hydrogen) atoms. The molecule has 0 bridgehead atoms. The van der Waals surface area contributed by atoms with Crippen LogP contribution in [0.4, 0.5) is 0 Å². The summed E-state index contributed by atoms with van der Waals surface area (Å²) in [6, 6.07) is 1.78. The zero-order valence-corrected chi connectivity index (χ0v) is 16.4. The summed E-state index contributed by atoms with van der Waals surface area (Å²) in [4.78, 5) is 27.7. The number of hydrogen-bond acceptors (Lipinski definition) is 6. The number of carbonyl (C=O) groups is 1. The monoisotopic (exact) mass is 373 g/mol. The molecule has 2 heterocycles. The van der Waals surface area contributed by atoms with Gasteiger partial charge in [-0.25, -0.2) is 15.0 Å². The molecule has 0 aromatic carbocycles. The summed E-state index contributed by atoms with van der Waals surface area (Å²) in [7, 11) is 4.26. The summed E-state index contributed by atoms with van der Waals surface area (Å²) < 4.78 is 0. The van der Waals surface area contributed by atoms with Gasteiger partial charge < -0.3 is 10.2 Å². The summed E-state index contributed by atoms with van der Waals surface area (Å²) in [5, 5.41) is 5.82. The van der Waals surface area contributed by atoms with E-state index in [9.17, 15) is 4.79 Å². The first-order valence-electron chi connectivity index (χ1n) is 9.25. The van der Waals surface area contributed by atoms with E-state index in [1.54, 1.807) is 18.5 Å². The zero-order valence-electron chi connectivity index (χ0n) is 15.6. The van der Waals surface area contributed by atoms with E-state index in [4.69, 9.17) is 0 Å². The third-order valence-corrected chi connectivity index (χ3v) is 6.14. The molecule has 3 rings (SSSR count). The molecule has 1 amide bonds. The molecular formula is C19H27N5OS. The van der Waals surface area contributed by atoms with Crippen LogP contribution in [0.25, 0.3) is 10.8 Å². The van der Waals surface area contributed by atoms with E-state index < -0.39 is 0 Å². The topological polar surface area (TPSA) is 71.0 Å². The Morgan fingerprint density at radius 1 is 1.19 bits per heavy atom. The predicted octanol–water partition coefficient (Wildman–Crippen LogP) is 2.91. The minimum absolute atomic E-state index is 0.0290. The molecule has 1 aliphatic carbocycles. The van der Waals surface area contributed by atoms with Gasteiger partial charge in [-0.2, -0.15) is 0 Å². The average molecular weight is 374 g/mol. The van der Waals surface area contributed by atoms with E-state index in [-0.39, 0.29) is 11.4 Å². The van der Waals surface area contributed by atoms with Gasteiger partial charge in [-0.1, -0.05) is 25.7 Å². The van der Waals surface area contributed by atoms with Crippen LogP contribution in [0.5, 0.6) is 0 Å². The second-order valence-corrected chi connectivity index (χ2v) is 8.06. The molecule has 0 spiro atoms. The van der Waals surface area contributed by atoms with E-state index in [0.29, 0.717) is 18.8 Å². The molecule has 1 N–H and O–H groups in total. The molecule has 1 aliphatic rings. The van der Waals surface area contributed by atoms with Gasteiger partial charge in [0.05, 0.1) is 12.1 Å². The fourth-order valence-electron chi connectivity index (χ4n) is 3.56. The highest BCUT2D eigenvalue weighted by molar-refractivity contribution is 7.13. The number of amides is 1. The van der Waals surface area contributed by atoms with Crippen LogP contribution in [0.15, 0.2) is 23.8 Å². The lowest BCUT2D eigenvalue weighted by Crippen LogP contribution is -2.52. The maximum absolute atomic E-state index is 12.5. The van der Waals surface area contributed by atoms with Crippen LogP contribution in [0, 0.1) is 0 Å². The standard InChI is InChI=1S/C19H27N5OS/c1-24(2)19(8-5-3-4-6-9-19)14-22-16(25)12-15-13-26-18(23-15)17-20-10-7-11-21-17/h7,10-11,13H,3-6,8-9,12,14H2,1-2H3,(H,22,25). The highest BCUT2D eigenvalue weighted by Gasteiger charge is 2.33. The van der Waals surface area contributed by atoms with Gasteiger partial charge in [-0.3, -0.25) is 4.79 Å². The van der Waals surface area contributed by atoms with Crippen molar-refractivity contribution in [1.82, 2.24) is 25.2 Å². The minimum atomic E-state index is 0.0290. The van der Waals surface area contributed by atoms with Crippen LogP contribution in [0.1, 0.15) is 44.2 Å². The normalized spacial score (nSPS) is 17.0. The van der Waals surface area contributed by atoms with Crippen molar-refractivity contribution in [1.29, 1.82) is 0 Å². The SMILES string of the molecule is CN(C)C1(CNC(=O)Cc2csc(-c3ncccn3)n2)CCCCCC1. The second kappa shape index (κ2) is 8.68. The van der Waals surface area contributed by atoms with E-state index in [0.717, 1.165) is 23.5 Å². The Labute approximate surface area is 159 Å². The van der Waals surface area contributed by atoms with Crippen LogP contribution in [0.3, 0.4) is 0 Å². The van der Waals surface area contributed by atoms with Gasteiger partial charge in [-0.15, -0.1) is 11.3 Å². The molecule has 0 aliphatic heterocycles. The molecule has 1 fully saturated rings. The molecule has 6 nitrogen and oxygen atoms in total. The Hall–Kier alpha value is -1.86. The molecular weight excluding hydrogens is 346 g/mol. The van der Waals surface area contributed by atoms with Gasteiger partial charge in [0, 0.05) is 29.9 Å². The number of nitrogens with one attached hydrogen (secondary N) is 1. The van der Waals surface area contributed by atoms with Crippen LogP contribution >= 0.6 is 11.3 Å². The van der Waals surface area contributed by atoms with Crippen molar-refractivity contribution >= 4 is 17.2 Å². The maximum Gasteiger partial charge on any atom is 0.226 e. The first-order chi connectivity index (χ1) is 12.6. The first kappa shape index (κ1) is 18.9. The lowest BCUT2D eigenvalue weighted by molar-refractivity contribution is -0.121. The van der Waals surface area contributed by atoms with Crippen LogP contribution in [-0.4, -0.2) is 51.9 Å². The van der Waals surface area contributed by atoms with Gasteiger partial charge in [0.2, 0.25) is 5.91 Å². The molecule has 2 aromatic rings. The fourth-order valence-corrected chi connectivity index (χ4v) is 4.32. The van der Waals surface area contributed by atoms with Crippen molar-refractivity contribution in [2.75, 3.05) is 20.6 Å². The van der Waals surface area contributed by atoms with Crippen molar-refractivity contribution in [2.24, 2.45) is 0 Å². The van der Waals surface area contributed by atoms with Crippen molar-refractivity contribution < 1.29 is 4.79 Å². The van der Waals surface area contributed by atoms with Gasteiger partial charge >= 0.3 is 0 Å². The van der Waals surface area contributed by atoms with Gasteiger partial charge in [0.1, 0.15) is 0 Å². The first-order valence-corrected chi connectivity index (χ1v) is 10.1. The molecule has 1 saturated carbocycles. The highest BCUT2D eigenvalue weighted by atomic mass is 32.1. The zero-order chi connectivity index (χ0) is 18.4. The molecule has 0 unspecified atom stereocenters. The number of hydrogen-bond donors (Lipinski definition) is 1. The van der Waals surface area contributed by atoms with E-state index in [1.165, 1.54) is 37.0 Å². The molecule has 2 aromatic heterocycles. The average Bonchev–Trinajstić information content (AvgIpc) is 2.97. The third kappa shape index (κ3) is 4.65. The van der Waals surface area contributed by atoms with Crippen molar-refractivity contribution in [3.8, 4) is 10.8 Å². The molecule has 0 atom stereocenters. The molecule has 140 valence electrons. The number of thiazole rings is 1. The molecule has 0 radical (unpaired) electrons. The number of rotatable bonds is 6. The Morgan fingerprint density at radius 2 is 1.88 bits per heavy atom. The van der Waals surface area contributed by atoms with Crippen LogP contribution in [0.2, 0.25) is 0 Å². The van der Waals surface area contributed by atoms with Crippen molar-refractivity contribution in [2.45, 2.75) is 50.5 Å². The number of aromatic nitrogens is 3. The highest BCUT2D eigenvalue weighted by Crippen LogP contribution is 2.30. The summed E-state index contributed by atoms with van der Waals surface area (Å²) in [6.07, 6.45) is 11.1. The second-order valence-electron chi connectivity index (χ2n) is 7.20. The fraction of sp³-hybridized carbons (Fsp3) is 0.579. The van der Waals surface area contributed by atoms with Crippen LogP contribution < -0.4 is 5.32 Å². The summed E-state index contributed by atoms with van der Waals surface area (Å²) in [5.41, 5.74) is 0.854. The molecule has 7 heteroatoms. The van der Waals surface area contributed by atoms with E-state index >= 15 is 0 Å². The predicted molar refractivity (Wildman–Crippen MR) is 104 cm³/mol. The maximum atomic E-state index is 12.5. The smallest absolute Gasteiger partial charge is 0.226 e. The van der Waals surface area contributed by atoms with Gasteiger partial charge in [0.25, 0.3) is 0 Å². The summed E-state index contributed by atoms with van der Waals surface area (Å²) in [6.45, 7) is 0.706. The van der Waals surface area contributed by atoms with Gasteiger partial charge in [0.15, 0.2) is 10.8 Å². The largest absolute Gasteiger partial charge is 0.354 e. The minimum Gasteiger partial charge on any atom is -0.354 e. The Balaban J connectivity index is 1.58. The number of likely N-dealkylation sites (N-methyl/N-ethyl adjacent to an activating group) is 1. The Bertz CT molecular complexity index is 708. The lowest BCUT2D eigenvalue weighted by atomic mass is 9.88. The summed E-state index contributed by atoms with van der Waals surface area (Å²) in [5.74, 6) is 0.635. The van der Waals surface area contributed by atoms with Gasteiger partial charge in [-0.05, 0) is 33.0 Å².